The predicted molar refractivity (Wildman–Crippen MR) is 323 cm³/mol. The second kappa shape index (κ2) is 18.2. The molecule has 0 aliphatic heterocycles. The normalized spacial score (nSPS) is 14.2. The van der Waals surface area contributed by atoms with Gasteiger partial charge in [-0.2, -0.15) is 0 Å². The van der Waals surface area contributed by atoms with Gasteiger partial charge in [0.15, 0.2) is 0 Å². The van der Waals surface area contributed by atoms with Crippen LogP contribution >= 0.6 is 0 Å². The van der Waals surface area contributed by atoms with Gasteiger partial charge in [0.1, 0.15) is 17.0 Å². The maximum absolute atomic E-state index is 16.5. The topological polar surface area (TPSA) is 19.6 Å². The first-order valence-corrected chi connectivity index (χ1v) is 27.2. The quantitative estimate of drug-likeness (QED) is 0.144. The van der Waals surface area contributed by atoms with Crippen LogP contribution in [0.2, 0.25) is 0 Å². The molecule has 0 fully saturated rings. The molecule has 2 aliphatic carbocycles. The molecule has 14 rings (SSSR count). The van der Waals surface area contributed by atoms with Crippen LogP contribution in [0.5, 0.6) is 0 Å². The maximum Gasteiger partial charge on any atom is 0.145 e. The van der Waals surface area contributed by atoms with Crippen molar-refractivity contribution < 1.29 is 8.81 Å². The number of benzene rings is 11. The summed E-state index contributed by atoms with van der Waals surface area (Å²) in [4.78, 5) is 4.77. The molecule has 78 heavy (non-hydrogen) atoms. The zero-order chi connectivity index (χ0) is 52.9. The second-order valence-electron chi connectivity index (χ2n) is 22.4. The van der Waals surface area contributed by atoms with E-state index in [1.807, 2.05) is 6.07 Å². The number of halogens is 1. The highest BCUT2D eigenvalue weighted by Crippen LogP contribution is 2.66. The molecular weight excluding hydrogens is 952 g/mol. The van der Waals surface area contributed by atoms with Gasteiger partial charge in [0.2, 0.25) is 0 Å². The van der Waals surface area contributed by atoms with Gasteiger partial charge in [-0.3, -0.25) is 0 Å². The average molecular weight is 1010 g/mol. The molecule has 0 N–H and O–H groups in total. The number of nitrogens with zero attached hydrogens (tertiary/aromatic N) is 2. The van der Waals surface area contributed by atoms with E-state index < -0.39 is 5.41 Å². The van der Waals surface area contributed by atoms with Crippen LogP contribution in [0.4, 0.5) is 38.5 Å². The molecule has 1 spiro atoms. The minimum absolute atomic E-state index is 0.0451. The van der Waals surface area contributed by atoms with Crippen LogP contribution in [0, 0.1) is 5.82 Å². The SMILES string of the molecule is CC(C)c1ccc(N(c2ccc(-c3ccccc3)cc2)c2ccc3c(c2)C2(c4ccccc4-c4ccc(F)cc42)c2cc(N(c4ccc(-c5ccccc5)cc4)c4ccc(C(C)(C)C)cc4)c4c(oc5ccccc54)c2-3)cc1. The first-order valence-electron chi connectivity index (χ1n) is 27.2. The van der Waals surface area contributed by atoms with E-state index in [4.69, 9.17) is 4.42 Å². The maximum atomic E-state index is 16.5. The molecule has 0 saturated carbocycles. The van der Waals surface area contributed by atoms with Crippen LogP contribution in [-0.2, 0) is 10.8 Å². The first kappa shape index (κ1) is 47.2. The van der Waals surface area contributed by atoms with E-state index in [0.717, 1.165) is 117 Å². The number of anilines is 6. The Bertz CT molecular complexity index is 4250. The molecule has 3 nitrogen and oxygen atoms in total. The second-order valence-corrected chi connectivity index (χ2v) is 22.4. The van der Waals surface area contributed by atoms with Crippen LogP contribution in [-0.4, -0.2) is 0 Å². The molecule has 12 aromatic rings. The summed E-state index contributed by atoms with van der Waals surface area (Å²) >= 11 is 0. The highest BCUT2D eigenvalue weighted by atomic mass is 19.1. The number of rotatable bonds is 9. The molecule has 1 heterocycles. The lowest BCUT2D eigenvalue weighted by Crippen LogP contribution is -2.27. The Hall–Kier alpha value is -9.25. The number of fused-ring (bicyclic) bond motifs is 14. The lowest BCUT2D eigenvalue weighted by atomic mass is 9.70. The zero-order valence-electron chi connectivity index (χ0n) is 44.4. The van der Waals surface area contributed by atoms with Crippen LogP contribution in [0.1, 0.15) is 73.9 Å². The number of hydrogen-bond donors (Lipinski definition) is 0. The Morgan fingerprint density at radius 2 is 0.923 bits per heavy atom. The van der Waals surface area contributed by atoms with Gasteiger partial charge >= 0.3 is 0 Å². The summed E-state index contributed by atoms with van der Waals surface area (Å²) < 4.78 is 23.9. The fraction of sp³-hybridized carbons (Fsp3) is 0.108. The molecule has 0 saturated heterocycles. The fourth-order valence-corrected chi connectivity index (χ4v) is 12.7. The van der Waals surface area contributed by atoms with Gasteiger partial charge in [-0.15, -0.1) is 0 Å². The van der Waals surface area contributed by atoms with Gasteiger partial charge in [-0.1, -0.05) is 198 Å². The van der Waals surface area contributed by atoms with Crippen LogP contribution in [0.3, 0.4) is 0 Å². The van der Waals surface area contributed by atoms with Crippen molar-refractivity contribution >= 4 is 56.1 Å². The minimum atomic E-state index is -0.958. The summed E-state index contributed by atoms with van der Waals surface area (Å²) in [6.07, 6.45) is 0. The Morgan fingerprint density at radius 3 is 1.55 bits per heavy atom. The highest BCUT2D eigenvalue weighted by molar-refractivity contribution is 6.20. The van der Waals surface area contributed by atoms with Crippen molar-refractivity contribution in [3.05, 3.63) is 288 Å². The molecule has 0 bridgehead atoms. The third-order valence-corrected chi connectivity index (χ3v) is 16.5. The van der Waals surface area contributed by atoms with Crippen molar-refractivity contribution in [1.29, 1.82) is 0 Å². The lowest BCUT2D eigenvalue weighted by molar-refractivity contribution is 0.590. The van der Waals surface area contributed by atoms with Crippen molar-refractivity contribution in [2.45, 2.75) is 51.4 Å². The van der Waals surface area contributed by atoms with E-state index in [1.54, 1.807) is 12.1 Å². The van der Waals surface area contributed by atoms with Gasteiger partial charge in [0, 0.05) is 39.4 Å². The predicted octanol–water partition coefficient (Wildman–Crippen LogP) is 20.8. The average Bonchev–Trinajstić information content (AvgIpc) is 4.18. The Kier molecular flexibility index (Phi) is 11.0. The molecular formula is C74H57FN2O. The first-order chi connectivity index (χ1) is 38.0. The number of hydrogen-bond acceptors (Lipinski definition) is 3. The van der Waals surface area contributed by atoms with E-state index in [0.29, 0.717) is 5.92 Å². The molecule has 0 radical (unpaired) electrons. The Labute approximate surface area is 456 Å². The molecule has 11 aromatic carbocycles. The summed E-state index contributed by atoms with van der Waals surface area (Å²) in [6.45, 7) is 11.3. The standard InChI is InChI=1S/C74H57FN2O/c1-47(2)48-24-33-55(34-25-48)76(56-35-26-51(27-36-56)49-16-8-6-9-17-49)59-41-43-62-66(45-59)74(64-22-14-12-20-60(64)61-42-32-54(75)44-65(61)74)67-46-68(71-63-21-13-15-23-69(63)78-72(71)70(62)67)77(58-39-30-53(31-40-58)73(3,4)5)57-37-28-52(29-38-57)50-18-10-7-11-19-50/h6-47H,1-5H3. The van der Waals surface area contributed by atoms with Gasteiger partial charge in [0.25, 0.3) is 0 Å². The molecule has 376 valence electrons. The van der Waals surface area contributed by atoms with E-state index in [1.165, 1.54) is 16.7 Å². The van der Waals surface area contributed by atoms with Gasteiger partial charge in [0.05, 0.1) is 16.5 Å². The van der Waals surface area contributed by atoms with E-state index >= 15 is 4.39 Å². The zero-order valence-corrected chi connectivity index (χ0v) is 44.4. The summed E-state index contributed by atoms with van der Waals surface area (Å²) in [5, 5.41) is 2.04. The van der Waals surface area contributed by atoms with Crippen LogP contribution in [0.15, 0.2) is 253 Å². The fourth-order valence-electron chi connectivity index (χ4n) is 12.7. The van der Waals surface area contributed by atoms with E-state index in [2.05, 4.69) is 275 Å². The minimum Gasteiger partial charge on any atom is -0.455 e. The van der Waals surface area contributed by atoms with Gasteiger partial charge in [-0.05, 0) is 169 Å². The van der Waals surface area contributed by atoms with E-state index in [9.17, 15) is 0 Å². The van der Waals surface area contributed by atoms with Crippen molar-refractivity contribution in [1.82, 2.24) is 0 Å². The van der Waals surface area contributed by atoms with Crippen molar-refractivity contribution in [3.8, 4) is 44.5 Å². The third kappa shape index (κ3) is 7.45. The monoisotopic (exact) mass is 1010 g/mol. The van der Waals surface area contributed by atoms with E-state index in [-0.39, 0.29) is 11.2 Å². The van der Waals surface area contributed by atoms with Crippen LogP contribution < -0.4 is 9.80 Å². The van der Waals surface area contributed by atoms with Crippen molar-refractivity contribution in [2.75, 3.05) is 9.80 Å². The summed E-state index contributed by atoms with van der Waals surface area (Å²) in [6, 6.07) is 88.8. The number of para-hydroxylation sites is 1. The Morgan fingerprint density at radius 1 is 0.423 bits per heavy atom. The molecule has 0 amide bonds. The molecule has 1 aromatic heterocycles. The van der Waals surface area contributed by atoms with Gasteiger partial charge < -0.3 is 14.2 Å². The van der Waals surface area contributed by atoms with Crippen molar-refractivity contribution in [2.24, 2.45) is 0 Å². The van der Waals surface area contributed by atoms with Crippen LogP contribution in [0.25, 0.3) is 66.4 Å². The largest absolute Gasteiger partial charge is 0.455 e. The number of furan rings is 1. The molecule has 2 aliphatic rings. The van der Waals surface area contributed by atoms with Gasteiger partial charge in [-0.25, -0.2) is 4.39 Å². The smallest absolute Gasteiger partial charge is 0.145 e. The Balaban J connectivity index is 1.06. The highest BCUT2D eigenvalue weighted by Gasteiger charge is 2.53. The third-order valence-electron chi connectivity index (χ3n) is 16.5. The summed E-state index contributed by atoms with van der Waals surface area (Å²) in [7, 11) is 0. The molecule has 4 heteroatoms. The lowest BCUT2D eigenvalue weighted by Gasteiger charge is -2.33. The van der Waals surface area contributed by atoms with Crippen molar-refractivity contribution in [3.63, 3.8) is 0 Å². The molecule has 1 unspecified atom stereocenters. The summed E-state index contributed by atoms with van der Waals surface area (Å²) in [5.41, 5.74) is 22.1. The molecule has 1 atom stereocenters. The summed E-state index contributed by atoms with van der Waals surface area (Å²) in [5.74, 6) is 0.105.